The van der Waals surface area contributed by atoms with Gasteiger partial charge in [-0.2, -0.15) is 4.68 Å². The van der Waals surface area contributed by atoms with Crippen molar-refractivity contribution in [2.75, 3.05) is 6.61 Å². The summed E-state index contributed by atoms with van der Waals surface area (Å²) in [6, 6.07) is 5.31. The summed E-state index contributed by atoms with van der Waals surface area (Å²) in [6.45, 7) is 6.87. The molecule has 2 aromatic heterocycles. The monoisotopic (exact) mass is 414 g/mol. The highest BCUT2D eigenvalue weighted by atomic mass is 16.5. The van der Waals surface area contributed by atoms with Crippen molar-refractivity contribution in [3.8, 4) is 11.4 Å². The Morgan fingerprint density at radius 2 is 2.13 bits per heavy atom. The second-order valence-corrected chi connectivity index (χ2v) is 7.40. The van der Waals surface area contributed by atoms with Crippen molar-refractivity contribution < 1.29 is 14.6 Å². The average Bonchev–Trinajstić information content (AvgIpc) is 3.24. The summed E-state index contributed by atoms with van der Waals surface area (Å²) in [4.78, 5) is 24.6. The fraction of sp³-hybridized carbons (Fsp3) is 0.450. The molecule has 1 aromatic carbocycles. The molecule has 0 aliphatic heterocycles. The number of carbonyl (C=O) groups is 1. The number of ether oxygens (including phenoxy) is 1. The predicted octanol–water partition coefficient (Wildman–Crippen LogP) is 2.58. The Hall–Kier alpha value is -3.43. The van der Waals surface area contributed by atoms with Crippen LogP contribution in [0.5, 0.6) is 5.75 Å². The molecule has 160 valence electrons. The standard InChI is InChI=1S/C20H26N6O4/c1-4-5-9-30-18-16(10-21-20(28)29)25(11-13(2)3)19(27)14-7-6-8-15(17(14)18)26-12-22-23-24-26/h6-8,12-13,21H,4-5,9-11H2,1-3H3,(H,28,29). The third-order valence-electron chi connectivity index (χ3n) is 4.63. The predicted molar refractivity (Wildman–Crippen MR) is 111 cm³/mol. The number of carboxylic acid groups (broad SMARTS) is 1. The normalized spacial score (nSPS) is 11.2. The van der Waals surface area contributed by atoms with Gasteiger partial charge in [0.1, 0.15) is 6.33 Å². The van der Waals surface area contributed by atoms with E-state index in [2.05, 4.69) is 27.8 Å². The van der Waals surface area contributed by atoms with Gasteiger partial charge in [0.25, 0.3) is 5.56 Å². The lowest BCUT2D eigenvalue weighted by Crippen LogP contribution is -2.31. The summed E-state index contributed by atoms with van der Waals surface area (Å²) in [5.74, 6) is 0.647. The Bertz CT molecular complexity index is 1080. The number of rotatable bonds is 9. The number of aromatic nitrogens is 5. The molecule has 0 unspecified atom stereocenters. The van der Waals surface area contributed by atoms with Gasteiger partial charge in [0.2, 0.25) is 0 Å². The molecule has 0 radical (unpaired) electrons. The van der Waals surface area contributed by atoms with Crippen LogP contribution < -0.4 is 15.6 Å². The van der Waals surface area contributed by atoms with E-state index in [-0.39, 0.29) is 18.0 Å². The van der Waals surface area contributed by atoms with Gasteiger partial charge >= 0.3 is 6.09 Å². The molecule has 0 saturated carbocycles. The van der Waals surface area contributed by atoms with Crippen molar-refractivity contribution in [1.82, 2.24) is 30.1 Å². The molecular weight excluding hydrogens is 388 g/mol. The minimum absolute atomic E-state index is 0.0569. The van der Waals surface area contributed by atoms with Crippen LogP contribution in [0.1, 0.15) is 39.3 Å². The third-order valence-corrected chi connectivity index (χ3v) is 4.63. The fourth-order valence-corrected chi connectivity index (χ4v) is 3.32. The Labute approximate surface area is 173 Å². The highest BCUT2D eigenvalue weighted by Crippen LogP contribution is 2.33. The zero-order valence-corrected chi connectivity index (χ0v) is 17.3. The van der Waals surface area contributed by atoms with Crippen molar-refractivity contribution in [3.05, 3.63) is 40.6 Å². The maximum absolute atomic E-state index is 13.4. The fourth-order valence-electron chi connectivity index (χ4n) is 3.32. The zero-order valence-electron chi connectivity index (χ0n) is 17.3. The molecule has 10 nitrogen and oxygen atoms in total. The SMILES string of the molecule is CCCCOc1c(CNC(=O)O)n(CC(C)C)c(=O)c2cccc(-n3cnnn3)c12. The van der Waals surface area contributed by atoms with Gasteiger partial charge in [-0.15, -0.1) is 5.10 Å². The second-order valence-electron chi connectivity index (χ2n) is 7.40. The van der Waals surface area contributed by atoms with Gasteiger partial charge in [-0.3, -0.25) is 4.79 Å². The maximum atomic E-state index is 13.4. The van der Waals surface area contributed by atoms with E-state index < -0.39 is 6.09 Å². The number of tetrazole rings is 1. The molecule has 1 amide bonds. The number of hydrogen-bond donors (Lipinski definition) is 2. The van der Waals surface area contributed by atoms with Gasteiger partial charge in [0.05, 0.1) is 35.3 Å². The first-order valence-corrected chi connectivity index (χ1v) is 9.95. The summed E-state index contributed by atoms with van der Waals surface area (Å²) < 4.78 is 9.24. The largest absolute Gasteiger partial charge is 0.491 e. The van der Waals surface area contributed by atoms with Gasteiger partial charge in [0.15, 0.2) is 5.75 Å². The molecule has 10 heteroatoms. The van der Waals surface area contributed by atoms with Gasteiger partial charge < -0.3 is 19.7 Å². The van der Waals surface area contributed by atoms with Gasteiger partial charge in [-0.1, -0.05) is 33.3 Å². The zero-order chi connectivity index (χ0) is 21.7. The molecular formula is C20H26N6O4. The molecule has 0 atom stereocenters. The number of hydrogen-bond acceptors (Lipinski definition) is 6. The van der Waals surface area contributed by atoms with Crippen molar-refractivity contribution >= 4 is 16.9 Å². The Morgan fingerprint density at radius 3 is 2.77 bits per heavy atom. The number of pyridine rings is 1. The highest BCUT2D eigenvalue weighted by Gasteiger charge is 2.22. The van der Waals surface area contributed by atoms with Crippen LogP contribution in [0.25, 0.3) is 16.5 Å². The molecule has 2 N–H and O–H groups in total. The van der Waals surface area contributed by atoms with Crippen LogP contribution in [0.4, 0.5) is 4.79 Å². The molecule has 0 saturated heterocycles. The van der Waals surface area contributed by atoms with E-state index in [1.165, 1.54) is 11.0 Å². The smallest absolute Gasteiger partial charge is 0.404 e. The Balaban J connectivity index is 2.35. The Morgan fingerprint density at radius 1 is 1.33 bits per heavy atom. The van der Waals surface area contributed by atoms with E-state index in [1.54, 1.807) is 22.8 Å². The van der Waals surface area contributed by atoms with Crippen molar-refractivity contribution in [2.24, 2.45) is 5.92 Å². The quantitative estimate of drug-likeness (QED) is 0.516. The lowest BCUT2D eigenvalue weighted by Gasteiger charge is -2.22. The van der Waals surface area contributed by atoms with E-state index in [0.717, 1.165) is 12.8 Å². The molecule has 0 bridgehead atoms. The van der Waals surface area contributed by atoms with E-state index in [0.29, 0.717) is 41.1 Å². The number of fused-ring (bicyclic) bond motifs is 1. The number of nitrogens with one attached hydrogen (secondary N) is 1. The number of nitrogens with zero attached hydrogens (tertiary/aromatic N) is 5. The molecule has 0 aliphatic carbocycles. The van der Waals surface area contributed by atoms with Crippen molar-refractivity contribution in [2.45, 2.75) is 46.7 Å². The highest BCUT2D eigenvalue weighted by molar-refractivity contribution is 5.95. The molecule has 3 rings (SSSR count). The summed E-state index contributed by atoms with van der Waals surface area (Å²) >= 11 is 0. The number of benzene rings is 1. The van der Waals surface area contributed by atoms with Crippen LogP contribution in [0.2, 0.25) is 0 Å². The first-order chi connectivity index (χ1) is 14.4. The van der Waals surface area contributed by atoms with E-state index >= 15 is 0 Å². The molecule has 0 aliphatic rings. The van der Waals surface area contributed by atoms with Crippen LogP contribution >= 0.6 is 0 Å². The molecule has 3 aromatic rings. The third kappa shape index (κ3) is 4.42. The van der Waals surface area contributed by atoms with E-state index in [4.69, 9.17) is 4.74 Å². The number of amides is 1. The van der Waals surface area contributed by atoms with Crippen LogP contribution in [-0.2, 0) is 13.1 Å². The Kier molecular flexibility index (Phi) is 6.65. The molecule has 0 fully saturated rings. The molecule has 2 heterocycles. The first-order valence-electron chi connectivity index (χ1n) is 9.95. The minimum atomic E-state index is -1.17. The van der Waals surface area contributed by atoms with E-state index in [1.807, 2.05) is 13.8 Å². The van der Waals surface area contributed by atoms with E-state index in [9.17, 15) is 14.7 Å². The lowest BCUT2D eigenvalue weighted by atomic mass is 10.1. The lowest BCUT2D eigenvalue weighted by molar-refractivity contribution is 0.193. The van der Waals surface area contributed by atoms with Crippen LogP contribution in [0.3, 0.4) is 0 Å². The summed E-state index contributed by atoms with van der Waals surface area (Å²) in [5.41, 5.74) is 0.869. The maximum Gasteiger partial charge on any atom is 0.404 e. The first kappa shape index (κ1) is 21.3. The average molecular weight is 414 g/mol. The summed E-state index contributed by atoms with van der Waals surface area (Å²) in [5, 5.41) is 23.9. The molecule has 30 heavy (non-hydrogen) atoms. The number of unbranched alkanes of at least 4 members (excludes halogenated alkanes) is 1. The van der Waals surface area contributed by atoms with Crippen LogP contribution in [0, 0.1) is 5.92 Å². The van der Waals surface area contributed by atoms with Crippen molar-refractivity contribution in [1.29, 1.82) is 0 Å². The molecule has 0 spiro atoms. The summed E-state index contributed by atoms with van der Waals surface area (Å²) in [6.07, 6.45) is 2.03. The van der Waals surface area contributed by atoms with Crippen LogP contribution in [0.15, 0.2) is 29.3 Å². The second kappa shape index (κ2) is 9.38. The van der Waals surface area contributed by atoms with Crippen molar-refractivity contribution in [3.63, 3.8) is 0 Å². The van der Waals surface area contributed by atoms with Gasteiger partial charge in [-0.25, -0.2) is 4.79 Å². The minimum Gasteiger partial charge on any atom is -0.491 e. The van der Waals surface area contributed by atoms with Gasteiger partial charge in [0, 0.05) is 6.54 Å². The topological polar surface area (TPSA) is 124 Å². The summed E-state index contributed by atoms with van der Waals surface area (Å²) in [7, 11) is 0. The van der Waals surface area contributed by atoms with Crippen LogP contribution in [-0.4, -0.2) is 42.6 Å². The van der Waals surface area contributed by atoms with Gasteiger partial charge in [-0.05, 0) is 34.9 Å².